The molecule has 0 N–H and O–H groups in total. The number of ether oxygens (including phenoxy) is 1. The lowest BCUT2D eigenvalue weighted by atomic mass is 9.90. The van der Waals surface area contributed by atoms with Gasteiger partial charge in [-0.25, -0.2) is 0 Å². The highest BCUT2D eigenvalue weighted by molar-refractivity contribution is 5.78. The minimum Gasteiger partial charge on any atom is -0.470 e. The molecule has 128 valence electrons. The Kier molecular flexibility index (Phi) is 7.50. The van der Waals surface area contributed by atoms with E-state index >= 15 is 0 Å². The lowest BCUT2D eigenvalue weighted by molar-refractivity contribution is -0.0163. The van der Waals surface area contributed by atoms with Crippen molar-refractivity contribution in [2.45, 2.75) is 71.8 Å². The molecule has 0 saturated carbocycles. The number of piperidine rings is 1. The quantitative estimate of drug-likeness (QED) is 0.678. The van der Waals surface area contributed by atoms with Crippen LogP contribution < -0.4 is 0 Å². The largest absolute Gasteiger partial charge is 0.470 e. The SMILES string of the molecule is CCCC(CC(C)CC)C1=NOCC(CN2CCCCC2)O1. The zero-order valence-electron chi connectivity index (χ0n) is 14.7. The van der Waals surface area contributed by atoms with E-state index in [-0.39, 0.29) is 6.10 Å². The molecule has 0 radical (unpaired) electrons. The Labute approximate surface area is 136 Å². The van der Waals surface area contributed by atoms with Crippen LogP contribution in [0.3, 0.4) is 0 Å². The Morgan fingerprint density at radius 3 is 2.68 bits per heavy atom. The van der Waals surface area contributed by atoms with E-state index in [0.29, 0.717) is 18.4 Å². The molecule has 3 unspecified atom stereocenters. The predicted molar refractivity (Wildman–Crippen MR) is 91.0 cm³/mol. The van der Waals surface area contributed by atoms with Gasteiger partial charge in [0.05, 0.1) is 0 Å². The molecule has 2 aliphatic heterocycles. The monoisotopic (exact) mass is 310 g/mol. The van der Waals surface area contributed by atoms with Crippen molar-refractivity contribution in [3.8, 4) is 0 Å². The fraction of sp³-hybridized carbons (Fsp3) is 0.944. The Bertz CT molecular complexity index is 340. The van der Waals surface area contributed by atoms with Crippen molar-refractivity contribution < 1.29 is 9.57 Å². The Hall–Kier alpha value is -0.770. The molecule has 4 heteroatoms. The normalized spacial score (nSPS) is 25.8. The first-order valence-corrected chi connectivity index (χ1v) is 9.31. The summed E-state index contributed by atoms with van der Waals surface area (Å²) in [5, 5.41) is 4.25. The van der Waals surface area contributed by atoms with Gasteiger partial charge >= 0.3 is 0 Å². The van der Waals surface area contributed by atoms with Crippen LogP contribution in [0, 0.1) is 11.8 Å². The molecule has 1 fully saturated rings. The highest BCUT2D eigenvalue weighted by Gasteiger charge is 2.28. The summed E-state index contributed by atoms with van der Waals surface area (Å²) in [6, 6.07) is 0. The maximum atomic E-state index is 6.23. The van der Waals surface area contributed by atoms with Crippen LogP contribution in [-0.2, 0) is 9.57 Å². The molecule has 0 amide bonds. The second kappa shape index (κ2) is 9.39. The molecule has 2 heterocycles. The van der Waals surface area contributed by atoms with Gasteiger partial charge < -0.3 is 9.57 Å². The summed E-state index contributed by atoms with van der Waals surface area (Å²) in [5.41, 5.74) is 0. The molecule has 0 aromatic heterocycles. The number of likely N-dealkylation sites (tertiary alicyclic amines) is 1. The molecular formula is C18H34N2O2. The van der Waals surface area contributed by atoms with Crippen LogP contribution in [0.4, 0.5) is 0 Å². The van der Waals surface area contributed by atoms with Gasteiger partial charge in [0.15, 0.2) is 6.61 Å². The Morgan fingerprint density at radius 1 is 1.23 bits per heavy atom. The highest BCUT2D eigenvalue weighted by atomic mass is 16.7. The number of oxime groups is 1. The molecule has 2 rings (SSSR count). The summed E-state index contributed by atoms with van der Waals surface area (Å²) in [6.07, 6.45) is 8.85. The maximum absolute atomic E-state index is 6.23. The first-order chi connectivity index (χ1) is 10.7. The number of rotatable bonds is 8. The molecule has 1 saturated heterocycles. The van der Waals surface area contributed by atoms with Gasteiger partial charge in [-0.15, -0.1) is 0 Å². The number of nitrogens with zero attached hydrogens (tertiary/aromatic N) is 2. The lowest BCUT2D eigenvalue weighted by Crippen LogP contribution is -2.43. The molecule has 0 spiro atoms. The van der Waals surface area contributed by atoms with E-state index in [4.69, 9.17) is 9.57 Å². The van der Waals surface area contributed by atoms with Crippen molar-refractivity contribution >= 4 is 5.90 Å². The van der Waals surface area contributed by atoms with Crippen LogP contribution in [0.1, 0.15) is 65.7 Å². The van der Waals surface area contributed by atoms with Gasteiger partial charge in [-0.3, -0.25) is 4.90 Å². The molecule has 4 nitrogen and oxygen atoms in total. The van der Waals surface area contributed by atoms with Crippen LogP contribution in [0.25, 0.3) is 0 Å². The van der Waals surface area contributed by atoms with Crippen LogP contribution in [0.2, 0.25) is 0 Å². The summed E-state index contributed by atoms with van der Waals surface area (Å²) in [5.74, 6) is 1.99. The van der Waals surface area contributed by atoms with Gasteiger partial charge in [0, 0.05) is 12.5 Å². The standard InChI is InChI=1S/C18H34N2O2/c1-4-9-16(12-15(3)5-2)18-19-21-14-17(22-18)13-20-10-7-6-8-11-20/h15-17H,4-14H2,1-3H3. The van der Waals surface area contributed by atoms with Crippen LogP contribution in [0.5, 0.6) is 0 Å². The average molecular weight is 310 g/mol. The molecule has 22 heavy (non-hydrogen) atoms. The second-order valence-corrected chi connectivity index (χ2v) is 7.06. The van der Waals surface area contributed by atoms with E-state index in [9.17, 15) is 0 Å². The van der Waals surface area contributed by atoms with E-state index in [1.165, 1.54) is 45.2 Å². The summed E-state index contributed by atoms with van der Waals surface area (Å²) in [7, 11) is 0. The van der Waals surface area contributed by atoms with Gasteiger partial charge in [-0.1, -0.05) is 45.2 Å². The first kappa shape index (κ1) is 17.6. The van der Waals surface area contributed by atoms with Gasteiger partial charge in [0.25, 0.3) is 0 Å². The molecule has 0 bridgehead atoms. The van der Waals surface area contributed by atoms with Crippen LogP contribution in [0.15, 0.2) is 5.16 Å². The molecule has 2 aliphatic rings. The molecular weight excluding hydrogens is 276 g/mol. The van der Waals surface area contributed by atoms with Gasteiger partial charge in [-0.2, -0.15) is 0 Å². The zero-order chi connectivity index (χ0) is 15.8. The van der Waals surface area contributed by atoms with Crippen LogP contribution in [-0.4, -0.2) is 43.1 Å². The predicted octanol–water partition coefficient (Wildman–Crippen LogP) is 4.05. The summed E-state index contributed by atoms with van der Waals surface area (Å²) in [4.78, 5) is 8.03. The number of hydrogen-bond donors (Lipinski definition) is 0. The highest BCUT2D eigenvalue weighted by Crippen LogP contribution is 2.24. The fourth-order valence-corrected chi connectivity index (χ4v) is 3.44. The maximum Gasteiger partial charge on any atom is 0.229 e. The van der Waals surface area contributed by atoms with Crippen molar-refractivity contribution in [2.24, 2.45) is 17.0 Å². The fourth-order valence-electron chi connectivity index (χ4n) is 3.44. The minimum atomic E-state index is 0.155. The summed E-state index contributed by atoms with van der Waals surface area (Å²) >= 11 is 0. The van der Waals surface area contributed by atoms with Gasteiger partial charge in [0.2, 0.25) is 5.90 Å². The smallest absolute Gasteiger partial charge is 0.229 e. The first-order valence-electron chi connectivity index (χ1n) is 9.31. The Morgan fingerprint density at radius 2 is 2.00 bits per heavy atom. The van der Waals surface area contributed by atoms with Crippen molar-refractivity contribution in [1.29, 1.82) is 0 Å². The topological polar surface area (TPSA) is 34.1 Å². The van der Waals surface area contributed by atoms with Gasteiger partial charge in [-0.05, 0) is 44.7 Å². The zero-order valence-corrected chi connectivity index (χ0v) is 14.7. The average Bonchev–Trinajstić information content (AvgIpc) is 2.55. The third-order valence-corrected chi connectivity index (χ3v) is 4.98. The van der Waals surface area contributed by atoms with E-state index < -0.39 is 0 Å². The third kappa shape index (κ3) is 5.45. The van der Waals surface area contributed by atoms with E-state index in [0.717, 1.165) is 25.3 Å². The third-order valence-electron chi connectivity index (χ3n) is 4.98. The van der Waals surface area contributed by atoms with E-state index in [2.05, 4.69) is 30.8 Å². The summed E-state index contributed by atoms with van der Waals surface area (Å²) < 4.78 is 6.23. The summed E-state index contributed by atoms with van der Waals surface area (Å²) in [6.45, 7) is 10.8. The van der Waals surface area contributed by atoms with Crippen LogP contribution >= 0.6 is 0 Å². The molecule has 3 atom stereocenters. The molecule has 0 aromatic rings. The molecule has 0 aromatic carbocycles. The van der Waals surface area contributed by atoms with E-state index in [1.807, 2.05) is 0 Å². The second-order valence-electron chi connectivity index (χ2n) is 7.06. The van der Waals surface area contributed by atoms with Crippen molar-refractivity contribution in [3.05, 3.63) is 0 Å². The molecule has 0 aliphatic carbocycles. The van der Waals surface area contributed by atoms with Crippen molar-refractivity contribution in [1.82, 2.24) is 4.90 Å². The van der Waals surface area contributed by atoms with Crippen molar-refractivity contribution in [2.75, 3.05) is 26.2 Å². The van der Waals surface area contributed by atoms with Gasteiger partial charge in [0.1, 0.15) is 6.10 Å². The number of hydrogen-bond acceptors (Lipinski definition) is 4. The lowest BCUT2D eigenvalue weighted by Gasteiger charge is -2.33. The minimum absolute atomic E-state index is 0.155. The van der Waals surface area contributed by atoms with Crippen molar-refractivity contribution in [3.63, 3.8) is 0 Å². The van der Waals surface area contributed by atoms with E-state index in [1.54, 1.807) is 0 Å². The Balaban J connectivity index is 1.87.